The number of fused-ring (bicyclic) bond motifs is 8. The van der Waals surface area contributed by atoms with Gasteiger partial charge in [-0.2, -0.15) is 0 Å². The van der Waals surface area contributed by atoms with Crippen LogP contribution in [0.25, 0.3) is 44.2 Å². The Morgan fingerprint density at radius 3 is 2.09 bits per heavy atom. The van der Waals surface area contributed by atoms with Crippen molar-refractivity contribution >= 4 is 10.8 Å². The molecule has 0 aliphatic heterocycles. The molecule has 0 bridgehead atoms. The molecule has 0 radical (unpaired) electrons. The predicted molar refractivity (Wildman–Crippen MR) is 135 cm³/mol. The second-order valence-corrected chi connectivity index (χ2v) is 9.77. The van der Waals surface area contributed by atoms with E-state index in [0.717, 1.165) is 6.42 Å². The van der Waals surface area contributed by atoms with Gasteiger partial charge >= 0.3 is 0 Å². The molecule has 0 saturated heterocycles. The molecule has 0 N–H and O–H groups in total. The molecule has 2 aliphatic rings. The zero-order chi connectivity index (χ0) is 21.4. The van der Waals surface area contributed by atoms with E-state index in [0.29, 0.717) is 0 Å². The van der Waals surface area contributed by atoms with Gasteiger partial charge in [-0.3, -0.25) is 0 Å². The summed E-state index contributed by atoms with van der Waals surface area (Å²) < 4.78 is 0. The van der Waals surface area contributed by atoms with E-state index in [1.165, 1.54) is 66.4 Å². The Kier molecular flexibility index (Phi) is 3.49. The molecule has 0 amide bonds. The molecular weight excluding hydrogens is 384 g/mol. The van der Waals surface area contributed by atoms with Gasteiger partial charge in [0.1, 0.15) is 0 Å². The number of benzene rings is 5. The van der Waals surface area contributed by atoms with E-state index in [-0.39, 0.29) is 5.41 Å². The van der Waals surface area contributed by atoms with Gasteiger partial charge < -0.3 is 0 Å². The van der Waals surface area contributed by atoms with Crippen molar-refractivity contribution in [2.24, 2.45) is 0 Å². The van der Waals surface area contributed by atoms with Crippen molar-refractivity contribution in [3.63, 3.8) is 0 Å². The van der Waals surface area contributed by atoms with E-state index in [1.807, 2.05) is 0 Å². The highest BCUT2D eigenvalue weighted by Gasteiger charge is 2.38. The molecule has 0 nitrogen and oxygen atoms in total. The van der Waals surface area contributed by atoms with Crippen molar-refractivity contribution in [3.05, 3.63) is 119 Å². The normalized spacial score (nSPS) is 14.7. The molecule has 7 rings (SSSR count). The van der Waals surface area contributed by atoms with Crippen LogP contribution in [0.5, 0.6) is 0 Å². The van der Waals surface area contributed by atoms with Crippen LogP contribution in [0.3, 0.4) is 0 Å². The van der Waals surface area contributed by atoms with Crippen LogP contribution in [0.15, 0.2) is 97.1 Å². The van der Waals surface area contributed by atoms with Gasteiger partial charge in [0, 0.05) is 5.41 Å². The van der Waals surface area contributed by atoms with Gasteiger partial charge in [0.25, 0.3) is 0 Å². The maximum absolute atomic E-state index is 2.50. The minimum atomic E-state index is -0.0258. The van der Waals surface area contributed by atoms with Gasteiger partial charge in [-0.1, -0.05) is 98.8 Å². The van der Waals surface area contributed by atoms with Crippen LogP contribution < -0.4 is 0 Å². The van der Waals surface area contributed by atoms with Crippen LogP contribution in [0, 0.1) is 0 Å². The molecule has 0 spiro atoms. The first kappa shape index (κ1) is 18.0. The molecule has 5 aromatic carbocycles. The Morgan fingerprint density at radius 1 is 0.531 bits per heavy atom. The van der Waals surface area contributed by atoms with Gasteiger partial charge in [0.15, 0.2) is 0 Å². The quantitative estimate of drug-likeness (QED) is 0.256. The summed E-state index contributed by atoms with van der Waals surface area (Å²) in [6, 6.07) is 36.1. The van der Waals surface area contributed by atoms with E-state index in [4.69, 9.17) is 0 Å². The van der Waals surface area contributed by atoms with Crippen molar-refractivity contribution in [1.29, 1.82) is 0 Å². The maximum atomic E-state index is 2.50. The first-order chi connectivity index (χ1) is 15.6. The fraction of sp³-hybridized carbons (Fsp3) is 0.125. The molecule has 0 saturated carbocycles. The SMILES string of the molecule is CC1(C)c2cc3c(cc2-c2c1cc(-c1ccccc1)c1ccccc21)-c1ccccc1C3. The minimum Gasteiger partial charge on any atom is -0.0622 e. The number of hydrogen-bond acceptors (Lipinski definition) is 0. The lowest BCUT2D eigenvalue weighted by atomic mass is 9.80. The highest BCUT2D eigenvalue weighted by Crippen LogP contribution is 2.55. The number of hydrogen-bond donors (Lipinski definition) is 0. The highest BCUT2D eigenvalue weighted by atomic mass is 14.4. The monoisotopic (exact) mass is 408 g/mol. The summed E-state index contributed by atoms with van der Waals surface area (Å²) >= 11 is 0. The standard InChI is InChI=1S/C32H24/c1-32(2)29-17-22-16-21-12-6-7-13-23(21)26(22)18-28(29)31-25-15-9-8-14-24(25)27(19-30(31)32)20-10-4-3-5-11-20/h3-15,17-19H,16H2,1-2H3. The average Bonchev–Trinajstić information content (AvgIpc) is 3.30. The van der Waals surface area contributed by atoms with Gasteiger partial charge in [-0.05, 0) is 85.0 Å². The molecule has 0 heteroatoms. The van der Waals surface area contributed by atoms with Crippen molar-refractivity contribution in [3.8, 4) is 33.4 Å². The van der Waals surface area contributed by atoms with Gasteiger partial charge in [-0.25, -0.2) is 0 Å². The maximum Gasteiger partial charge on any atom is 0.0159 e. The Bertz CT molecular complexity index is 1550. The first-order valence-corrected chi connectivity index (χ1v) is 11.5. The lowest BCUT2D eigenvalue weighted by molar-refractivity contribution is 0.660. The molecule has 0 unspecified atom stereocenters. The molecule has 2 aliphatic carbocycles. The summed E-state index contributed by atoms with van der Waals surface area (Å²) in [6.07, 6.45) is 1.04. The van der Waals surface area contributed by atoms with Crippen LogP contribution >= 0.6 is 0 Å². The molecule has 0 aromatic heterocycles. The van der Waals surface area contributed by atoms with Gasteiger partial charge in [0.2, 0.25) is 0 Å². The Hall–Kier alpha value is -3.64. The van der Waals surface area contributed by atoms with Crippen LogP contribution in [0.4, 0.5) is 0 Å². The van der Waals surface area contributed by atoms with Crippen molar-refractivity contribution in [2.45, 2.75) is 25.7 Å². The zero-order valence-electron chi connectivity index (χ0n) is 18.4. The summed E-state index contributed by atoms with van der Waals surface area (Å²) in [4.78, 5) is 0. The third kappa shape index (κ3) is 2.27. The average molecular weight is 409 g/mol. The Balaban J connectivity index is 1.57. The fourth-order valence-electron chi connectivity index (χ4n) is 6.07. The van der Waals surface area contributed by atoms with E-state index >= 15 is 0 Å². The second-order valence-electron chi connectivity index (χ2n) is 9.77. The molecular formula is C32H24. The van der Waals surface area contributed by atoms with E-state index in [2.05, 4.69) is 111 Å². The summed E-state index contributed by atoms with van der Waals surface area (Å²) in [5.41, 5.74) is 14.1. The van der Waals surface area contributed by atoms with Crippen LogP contribution in [-0.4, -0.2) is 0 Å². The highest BCUT2D eigenvalue weighted by molar-refractivity contribution is 6.09. The van der Waals surface area contributed by atoms with Crippen molar-refractivity contribution in [2.75, 3.05) is 0 Å². The Labute approximate surface area is 189 Å². The molecule has 0 heterocycles. The van der Waals surface area contributed by atoms with Crippen LogP contribution in [-0.2, 0) is 11.8 Å². The summed E-state index contributed by atoms with van der Waals surface area (Å²) in [5, 5.41) is 2.70. The Morgan fingerprint density at radius 2 is 1.25 bits per heavy atom. The topological polar surface area (TPSA) is 0 Å². The predicted octanol–water partition coefficient (Wildman–Crippen LogP) is 8.38. The largest absolute Gasteiger partial charge is 0.0622 e. The zero-order valence-corrected chi connectivity index (χ0v) is 18.4. The molecule has 152 valence electrons. The van der Waals surface area contributed by atoms with Crippen LogP contribution in [0.2, 0.25) is 0 Å². The van der Waals surface area contributed by atoms with E-state index in [1.54, 1.807) is 0 Å². The molecule has 0 atom stereocenters. The second kappa shape index (κ2) is 6.20. The lowest BCUT2D eigenvalue weighted by Gasteiger charge is -2.23. The van der Waals surface area contributed by atoms with Crippen molar-refractivity contribution in [1.82, 2.24) is 0 Å². The molecule has 32 heavy (non-hydrogen) atoms. The molecule has 0 fully saturated rings. The van der Waals surface area contributed by atoms with E-state index in [9.17, 15) is 0 Å². The number of rotatable bonds is 1. The van der Waals surface area contributed by atoms with E-state index < -0.39 is 0 Å². The van der Waals surface area contributed by atoms with Gasteiger partial charge in [0.05, 0.1) is 0 Å². The molecule has 5 aromatic rings. The van der Waals surface area contributed by atoms with Crippen molar-refractivity contribution < 1.29 is 0 Å². The first-order valence-electron chi connectivity index (χ1n) is 11.5. The van der Waals surface area contributed by atoms with Gasteiger partial charge in [-0.15, -0.1) is 0 Å². The fourth-order valence-corrected chi connectivity index (χ4v) is 6.07. The smallest absolute Gasteiger partial charge is 0.0159 e. The summed E-state index contributed by atoms with van der Waals surface area (Å²) in [5.74, 6) is 0. The summed E-state index contributed by atoms with van der Waals surface area (Å²) in [6.45, 7) is 4.80. The van der Waals surface area contributed by atoms with Crippen LogP contribution in [0.1, 0.15) is 36.1 Å². The third-order valence-electron chi connectivity index (χ3n) is 7.68. The third-order valence-corrected chi connectivity index (χ3v) is 7.68. The lowest BCUT2D eigenvalue weighted by Crippen LogP contribution is -2.15. The minimum absolute atomic E-state index is 0.0258. The summed E-state index contributed by atoms with van der Waals surface area (Å²) in [7, 11) is 0.